The van der Waals surface area contributed by atoms with Gasteiger partial charge < -0.3 is 0 Å². The third-order valence-corrected chi connectivity index (χ3v) is 2.91. The van der Waals surface area contributed by atoms with Crippen LogP contribution in [0.5, 0.6) is 0 Å². The van der Waals surface area contributed by atoms with Gasteiger partial charge >= 0.3 is 0 Å². The molecular weight excluding hydrogens is 210 g/mol. The molecule has 0 amide bonds. The molecule has 0 aliphatic rings. The van der Waals surface area contributed by atoms with Crippen molar-refractivity contribution >= 4 is 6.29 Å². The molecule has 0 saturated heterocycles. The molecule has 17 heavy (non-hydrogen) atoms. The van der Waals surface area contributed by atoms with Gasteiger partial charge in [0, 0.05) is 16.8 Å². The molecule has 0 spiro atoms. The molecule has 0 N–H and O–H groups in total. The summed E-state index contributed by atoms with van der Waals surface area (Å²) in [5.74, 6) is 0. The van der Waals surface area contributed by atoms with Gasteiger partial charge in [-0.05, 0) is 31.0 Å². The molecule has 1 heterocycles. The molecule has 2 aromatic rings. The van der Waals surface area contributed by atoms with Crippen LogP contribution < -0.4 is 0 Å². The topological polar surface area (TPSA) is 30.0 Å². The van der Waals surface area contributed by atoms with E-state index in [4.69, 9.17) is 0 Å². The van der Waals surface area contributed by atoms with Gasteiger partial charge in [-0.1, -0.05) is 31.2 Å². The van der Waals surface area contributed by atoms with Gasteiger partial charge in [0.1, 0.15) is 0 Å². The summed E-state index contributed by atoms with van der Waals surface area (Å²) in [4.78, 5) is 15.2. The van der Waals surface area contributed by atoms with Gasteiger partial charge in [-0.25, -0.2) is 0 Å². The van der Waals surface area contributed by atoms with Crippen LogP contribution in [0, 0.1) is 6.92 Å². The summed E-state index contributed by atoms with van der Waals surface area (Å²) in [6, 6.07) is 12.1. The van der Waals surface area contributed by atoms with Crippen molar-refractivity contribution < 1.29 is 4.79 Å². The van der Waals surface area contributed by atoms with Gasteiger partial charge in [-0.2, -0.15) is 0 Å². The molecule has 0 fully saturated rings. The molecule has 2 rings (SSSR count). The molecule has 0 atom stereocenters. The van der Waals surface area contributed by atoms with Gasteiger partial charge in [0.25, 0.3) is 0 Å². The number of hydrogen-bond acceptors (Lipinski definition) is 2. The van der Waals surface area contributed by atoms with Crippen molar-refractivity contribution in [2.24, 2.45) is 0 Å². The fraction of sp³-hybridized carbons (Fsp3) is 0.200. The van der Waals surface area contributed by atoms with Gasteiger partial charge in [-0.3, -0.25) is 9.78 Å². The Morgan fingerprint density at radius 1 is 1.12 bits per heavy atom. The maximum Gasteiger partial charge on any atom is 0.151 e. The number of aryl methyl sites for hydroxylation is 2. The van der Waals surface area contributed by atoms with E-state index in [9.17, 15) is 4.79 Å². The van der Waals surface area contributed by atoms with Crippen LogP contribution in [-0.2, 0) is 6.42 Å². The van der Waals surface area contributed by atoms with Gasteiger partial charge in [0.2, 0.25) is 0 Å². The van der Waals surface area contributed by atoms with Crippen molar-refractivity contribution in [3.8, 4) is 11.3 Å². The summed E-state index contributed by atoms with van der Waals surface area (Å²) in [6.07, 6.45) is 1.88. The Labute approximate surface area is 101 Å². The molecule has 86 valence electrons. The standard InChI is InChI=1S/C15H15NO/c1-3-12-4-6-13(7-5-12)15-9-8-14(10-17)11(2)16-15/h4-10H,3H2,1-2H3. The zero-order chi connectivity index (χ0) is 12.3. The lowest BCUT2D eigenvalue weighted by Gasteiger charge is -2.05. The van der Waals surface area contributed by atoms with Crippen LogP contribution in [0.25, 0.3) is 11.3 Å². The first-order valence-electron chi connectivity index (χ1n) is 5.76. The Hall–Kier alpha value is -1.96. The second-order valence-corrected chi connectivity index (χ2v) is 4.04. The van der Waals surface area contributed by atoms with Crippen LogP contribution in [0.1, 0.15) is 28.5 Å². The number of nitrogens with zero attached hydrogens (tertiary/aromatic N) is 1. The number of pyridine rings is 1. The predicted molar refractivity (Wildman–Crippen MR) is 69.2 cm³/mol. The molecule has 1 aromatic carbocycles. The van der Waals surface area contributed by atoms with Crippen LogP contribution >= 0.6 is 0 Å². The van der Waals surface area contributed by atoms with Crippen LogP contribution in [0.15, 0.2) is 36.4 Å². The highest BCUT2D eigenvalue weighted by Gasteiger charge is 2.03. The first-order chi connectivity index (χ1) is 8.24. The SMILES string of the molecule is CCc1ccc(-c2ccc(C=O)c(C)n2)cc1. The summed E-state index contributed by atoms with van der Waals surface area (Å²) in [7, 11) is 0. The molecule has 0 aliphatic heterocycles. The molecule has 0 radical (unpaired) electrons. The fourth-order valence-corrected chi connectivity index (χ4v) is 1.77. The Bertz CT molecular complexity index is 529. The molecule has 0 unspecified atom stereocenters. The second-order valence-electron chi connectivity index (χ2n) is 4.04. The van der Waals surface area contributed by atoms with E-state index in [1.54, 1.807) is 0 Å². The molecule has 0 bridgehead atoms. The second kappa shape index (κ2) is 4.91. The van der Waals surface area contributed by atoms with Crippen molar-refractivity contribution in [2.75, 3.05) is 0 Å². The van der Waals surface area contributed by atoms with E-state index in [-0.39, 0.29) is 0 Å². The maximum atomic E-state index is 10.7. The minimum atomic E-state index is 0.652. The van der Waals surface area contributed by atoms with E-state index >= 15 is 0 Å². The molecule has 2 heteroatoms. The van der Waals surface area contributed by atoms with Gasteiger partial charge in [0.15, 0.2) is 6.29 Å². The highest BCUT2D eigenvalue weighted by Crippen LogP contribution is 2.19. The number of aromatic nitrogens is 1. The van der Waals surface area contributed by atoms with Gasteiger partial charge in [0.05, 0.1) is 5.69 Å². The Morgan fingerprint density at radius 3 is 2.35 bits per heavy atom. The van der Waals surface area contributed by atoms with Crippen molar-refractivity contribution in [3.63, 3.8) is 0 Å². The van der Waals surface area contributed by atoms with Crippen molar-refractivity contribution in [1.82, 2.24) is 4.98 Å². The number of aldehydes is 1. The van der Waals surface area contributed by atoms with E-state index in [1.165, 1.54) is 5.56 Å². The van der Waals surface area contributed by atoms with E-state index in [1.807, 2.05) is 19.1 Å². The van der Waals surface area contributed by atoms with Gasteiger partial charge in [-0.15, -0.1) is 0 Å². The first kappa shape index (κ1) is 11.5. The quantitative estimate of drug-likeness (QED) is 0.749. The van der Waals surface area contributed by atoms with E-state index < -0.39 is 0 Å². The number of carbonyl (C=O) groups excluding carboxylic acids is 1. The number of rotatable bonds is 3. The summed E-state index contributed by atoms with van der Waals surface area (Å²) in [5.41, 5.74) is 4.74. The fourth-order valence-electron chi connectivity index (χ4n) is 1.77. The van der Waals surface area contributed by atoms with Crippen molar-refractivity contribution in [3.05, 3.63) is 53.2 Å². The lowest BCUT2D eigenvalue weighted by atomic mass is 10.1. The van der Waals surface area contributed by atoms with Crippen LogP contribution in [0.4, 0.5) is 0 Å². The normalized spacial score (nSPS) is 10.2. The minimum Gasteiger partial charge on any atom is -0.298 e. The van der Waals surface area contributed by atoms with Crippen LogP contribution in [-0.4, -0.2) is 11.3 Å². The van der Waals surface area contributed by atoms with Crippen molar-refractivity contribution in [2.45, 2.75) is 20.3 Å². The first-order valence-corrected chi connectivity index (χ1v) is 5.76. The lowest BCUT2D eigenvalue weighted by Crippen LogP contribution is -1.93. The van der Waals surface area contributed by atoms with E-state index in [2.05, 4.69) is 36.2 Å². The summed E-state index contributed by atoms with van der Waals surface area (Å²) >= 11 is 0. The van der Waals surface area contributed by atoms with Crippen LogP contribution in [0.2, 0.25) is 0 Å². The van der Waals surface area contributed by atoms with E-state index in [0.717, 1.165) is 29.7 Å². The minimum absolute atomic E-state index is 0.652. The molecule has 0 saturated carbocycles. The number of carbonyl (C=O) groups is 1. The highest BCUT2D eigenvalue weighted by atomic mass is 16.1. The monoisotopic (exact) mass is 225 g/mol. The largest absolute Gasteiger partial charge is 0.298 e. The lowest BCUT2D eigenvalue weighted by molar-refractivity contribution is 0.112. The third-order valence-electron chi connectivity index (χ3n) is 2.91. The molecular formula is C15H15NO. The predicted octanol–water partition coefficient (Wildman–Crippen LogP) is 3.43. The average molecular weight is 225 g/mol. The highest BCUT2D eigenvalue weighted by molar-refractivity contribution is 5.77. The Balaban J connectivity index is 2.38. The van der Waals surface area contributed by atoms with E-state index in [0.29, 0.717) is 5.56 Å². The van der Waals surface area contributed by atoms with Crippen LogP contribution in [0.3, 0.4) is 0 Å². The Morgan fingerprint density at radius 2 is 1.82 bits per heavy atom. The maximum absolute atomic E-state index is 10.7. The zero-order valence-corrected chi connectivity index (χ0v) is 10.1. The number of benzene rings is 1. The Kier molecular flexibility index (Phi) is 3.33. The summed E-state index contributed by atoms with van der Waals surface area (Å²) < 4.78 is 0. The zero-order valence-electron chi connectivity index (χ0n) is 10.1. The van der Waals surface area contributed by atoms with Crippen molar-refractivity contribution in [1.29, 1.82) is 0 Å². The molecule has 2 nitrogen and oxygen atoms in total. The summed E-state index contributed by atoms with van der Waals surface area (Å²) in [6.45, 7) is 3.99. The summed E-state index contributed by atoms with van der Waals surface area (Å²) in [5, 5.41) is 0. The molecule has 1 aromatic heterocycles. The molecule has 0 aliphatic carbocycles. The smallest absolute Gasteiger partial charge is 0.151 e. The number of hydrogen-bond donors (Lipinski definition) is 0. The average Bonchev–Trinajstić information content (AvgIpc) is 2.39. The third kappa shape index (κ3) is 2.41.